The lowest BCUT2D eigenvalue weighted by Crippen LogP contribution is -2.16. The van der Waals surface area contributed by atoms with E-state index in [0.717, 1.165) is 0 Å². The van der Waals surface area contributed by atoms with Crippen molar-refractivity contribution in [1.82, 2.24) is 0 Å². The van der Waals surface area contributed by atoms with Gasteiger partial charge >= 0.3 is 0 Å². The number of hydrogen-bond acceptors (Lipinski definition) is 2. The van der Waals surface area contributed by atoms with E-state index in [2.05, 4.69) is 0 Å². The molecule has 0 bridgehead atoms. The summed E-state index contributed by atoms with van der Waals surface area (Å²) < 4.78 is 63.5. The highest BCUT2D eigenvalue weighted by molar-refractivity contribution is 5.47. The molecule has 0 unspecified atom stereocenters. The fraction of sp³-hybridized carbons (Fsp3) is 0.250. The first-order chi connectivity index (χ1) is 7.00. The molecule has 1 aromatic carbocycles. The van der Waals surface area contributed by atoms with Crippen LogP contribution in [0.4, 0.5) is 27.6 Å². The van der Waals surface area contributed by atoms with E-state index in [1.165, 1.54) is 0 Å². The van der Waals surface area contributed by atoms with Crippen LogP contribution >= 0.6 is 0 Å². The molecule has 0 spiro atoms. The molecular formula is C8H7F5N2. The third-order valence-electron chi connectivity index (χ3n) is 1.66. The summed E-state index contributed by atoms with van der Waals surface area (Å²) in [5.41, 5.74) is 3.96. The molecular weight excluding hydrogens is 219 g/mol. The fourth-order valence-corrected chi connectivity index (χ4v) is 0.957. The van der Waals surface area contributed by atoms with Crippen LogP contribution in [-0.4, -0.2) is 13.1 Å². The number of anilines is 1. The third kappa shape index (κ3) is 2.01. The first-order valence-electron chi connectivity index (χ1n) is 3.96. The normalized spacial score (nSPS) is 10.5. The Morgan fingerprint density at radius 1 is 0.800 bits per heavy atom. The maximum atomic E-state index is 12.9. The Balaban J connectivity index is 3.26. The quantitative estimate of drug-likeness (QED) is 0.468. The van der Waals surface area contributed by atoms with E-state index in [0.29, 0.717) is 0 Å². The molecule has 3 N–H and O–H groups in total. The van der Waals surface area contributed by atoms with Gasteiger partial charge < -0.3 is 11.1 Å². The number of nitrogens with two attached hydrogens (primary N) is 1. The minimum absolute atomic E-state index is 0.000501. The minimum Gasteiger partial charge on any atom is -0.379 e. The standard InChI is InChI=1S/C8H7F5N2/c9-3-4(10)6(12)8(15-2-1-14)7(13)5(3)11/h15H,1-2,14H2. The van der Waals surface area contributed by atoms with Gasteiger partial charge in [0.15, 0.2) is 23.3 Å². The first kappa shape index (κ1) is 11.7. The third-order valence-corrected chi connectivity index (χ3v) is 1.66. The van der Waals surface area contributed by atoms with Gasteiger partial charge in [-0.3, -0.25) is 0 Å². The molecule has 0 saturated heterocycles. The number of hydrogen-bond donors (Lipinski definition) is 2. The first-order valence-corrected chi connectivity index (χ1v) is 3.96. The van der Waals surface area contributed by atoms with Gasteiger partial charge in [-0.15, -0.1) is 0 Å². The topological polar surface area (TPSA) is 38.0 Å². The summed E-state index contributed by atoms with van der Waals surface area (Å²) in [5.74, 6) is -9.91. The van der Waals surface area contributed by atoms with E-state index < -0.39 is 34.8 Å². The van der Waals surface area contributed by atoms with Gasteiger partial charge in [-0.05, 0) is 0 Å². The Morgan fingerprint density at radius 3 is 1.60 bits per heavy atom. The van der Waals surface area contributed by atoms with E-state index in [1.807, 2.05) is 5.32 Å². The Kier molecular flexibility index (Phi) is 3.46. The monoisotopic (exact) mass is 226 g/mol. The second-order valence-electron chi connectivity index (χ2n) is 2.66. The van der Waals surface area contributed by atoms with E-state index in [-0.39, 0.29) is 13.1 Å². The molecule has 0 saturated carbocycles. The summed E-state index contributed by atoms with van der Waals surface area (Å²) in [7, 11) is 0. The van der Waals surface area contributed by atoms with Crippen LogP contribution in [0.25, 0.3) is 0 Å². The molecule has 84 valence electrons. The average molecular weight is 226 g/mol. The lowest BCUT2D eigenvalue weighted by molar-refractivity contribution is 0.381. The second kappa shape index (κ2) is 4.43. The van der Waals surface area contributed by atoms with Crippen molar-refractivity contribution < 1.29 is 22.0 Å². The van der Waals surface area contributed by atoms with Crippen molar-refractivity contribution in [2.75, 3.05) is 18.4 Å². The van der Waals surface area contributed by atoms with Crippen molar-refractivity contribution in [3.05, 3.63) is 29.1 Å². The lowest BCUT2D eigenvalue weighted by Gasteiger charge is -2.09. The molecule has 0 heterocycles. The average Bonchev–Trinajstić information content (AvgIpc) is 2.24. The molecule has 0 aromatic heterocycles. The summed E-state index contributed by atoms with van der Waals surface area (Å²) >= 11 is 0. The van der Waals surface area contributed by atoms with Gasteiger partial charge in [-0.2, -0.15) is 0 Å². The molecule has 0 aliphatic heterocycles. The Bertz CT molecular complexity index is 351. The van der Waals surface area contributed by atoms with Gasteiger partial charge in [0, 0.05) is 13.1 Å². The van der Waals surface area contributed by atoms with Gasteiger partial charge in [0.25, 0.3) is 0 Å². The molecule has 1 rings (SSSR count). The number of nitrogens with one attached hydrogen (secondary N) is 1. The fourth-order valence-electron chi connectivity index (χ4n) is 0.957. The van der Waals surface area contributed by atoms with Crippen molar-refractivity contribution in [2.45, 2.75) is 0 Å². The van der Waals surface area contributed by atoms with Crippen LogP contribution in [-0.2, 0) is 0 Å². The van der Waals surface area contributed by atoms with Crippen molar-refractivity contribution in [3.63, 3.8) is 0 Å². The molecule has 7 heteroatoms. The van der Waals surface area contributed by atoms with Crippen LogP contribution in [0.3, 0.4) is 0 Å². The predicted molar refractivity (Wildman–Crippen MR) is 43.8 cm³/mol. The molecule has 2 nitrogen and oxygen atoms in total. The number of rotatable bonds is 3. The second-order valence-corrected chi connectivity index (χ2v) is 2.66. The van der Waals surface area contributed by atoms with E-state index in [1.54, 1.807) is 0 Å². The van der Waals surface area contributed by atoms with Gasteiger partial charge in [-0.25, -0.2) is 22.0 Å². The number of benzene rings is 1. The van der Waals surface area contributed by atoms with Crippen LogP contribution < -0.4 is 11.1 Å². The SMILES string of the molecule is NCCNc1c(F)c(F)c(F)c(F)c1F. The molecule has 0 aliphatic rings. The number of halogens is 5. The van der Waals surface area contributed by atoms with Crippen LogP contribution in [0.1, 0.15) is 0 Å². The zero-order valence-corrected chi connectivity index (χ0v) is 7.38. The highest BCUT2D eigenvalue weighted by Crippen LogP contribution is 2.26. The summed E-state index contributed by atoms with van der Waals surface area (Å²) in [6, 6.07) is 0. The van der Waals surface area contributed by atoms with Crippen molar-refractivity contribution in [3.8, 4) is 0 Å². The summed E-state index contributed by atoms with van der Waals surface area (Å²) in [5, 5.41) is 2.02. The van der Waals surface area contributed by atoms with Crippen molar-refractivity contribution in [1.29, 1.82) is 0 Å². The lowest BCUT2D eigenvalue weighted by atomic mass is 10.2. The van der Waals surface area contributed by atoms with Crippen molar-refractivity contribution >= 4 is 5.69 Å². The van der Waals surface area contributed by atoms with Crippen LogP contribution in [0.2, 0.25) is 0 Å². The van der Waals surface area contributed by atoms with E-state index in [4.69, 9.17) is 5.73 Å². The predicted octanol–water partition coefficient (Wildman–Crippen LogP) is 1.75. The van der Waals surface area contributed by atoms with Crippen LogP contribution in [0.5, 0.6) is 0 Å². The van der Waals surface area contributed by atoms with Gasteiger partial charge in [0.2, 0.25) is 5.82 Å². The maximum absolute atomic E-state index is 12.9. The highest BCUT2D eigenvalue weighted by Gasteiger charge is 2.25. The van der Waals surface area contributed by atoms with Crippen LogP contribution in [0, 0.1) is 29.1 Å². The summed E-state index contributed by atoms with van der Waals surface area (Å²) in [6.45, 7) is -0.0994. The van der Waals surface area contributed by atoms with E-state index in [9.17, 15) is 22.0 Å². The molecule has 1 aromatic rings. The minimum atomic E-state index is -2.18. The Hall–Kier alpha value is -1.37. The van der Waals surface area contributed by atoms with Gasteiger partial charge in [-0.1, -0.05) is 0 Å². The molecule has 0 aliphatic carbocycles. The van der Waals surface area contributed by atoms with Gasteiger partial charge in [0.05, 0.1) is 0 Å². The molecule has 0 atom stereocenters. The van der Waals surface area contributed by atoms with Gasteiger partial charge in [0.1, 0.15) is 5.69 Å². The van der Waals surface area contributed by atoms with E-state index >= 15 is 0 Å². The zero-order chi connectivity index (χ0) is 11.6. The molecule has 0 fully saturated rings. The Morgan fingerprint density at radius 2 is 1.20 bits per heavy atom. The molecule has 0 amide bonds. The smallest absolute Gasteiger partial charge is 0.200 e. The maximum Gasteiger partial charge on any atom is 0.200 e. The largest absolute Gasteiger partial charge is 0.379 e. The van der Waals surface area contributed by atoms with Crippen molar-refractivity contribution in [2.24, 2.45) is 5.73 Å². The zero-order valence-electron chi connectivity index (χ0n) is 7.38. The van der Waals surface area contributed by atoms with Crippen LogP contribution in [0.15, 0.2) is 0 Å². The Labute approximate surface area is 81.9 Å². The summed E-state index contributed by atoms with van der Waals surface area (Å²) in [6.07, 6.45) is 0. The highest BCUT2D eigenvalue weighted by atomic mass is 19.2. The molecule has 0 radical (unpaired) electrons. The molecule has 15 heavy (non-hydrogen) atoms. The summed E-state index contributed by atoms with van der Waals surface area (Å²) in [4.78, 5) is 0.